The average molecular weight is 468 g/mol. The number of hydrogen-bond acceptors (Lipinski definition) is 6. The largest absolute Gasteiger partial charge is 1.00 e. The molecule has 1 spiro atoms. The molecule has 2 fully saturated rings. The Morgan fingerprint density at radius 2 is 1.97 bits per heavy atom. The number of rotatable bonds is 3. The quantitative estimate of drug-likeness (QED) is 0.489. The molecule has 0 radical (unpaired) electrons. The van der Waals surface area contributed by atoms with Crippen molar-refractivity contribution in [3.8, 4) is 11.5 Å². The van der Waals surface area contributed by atoms with Crippen molar-refractivity contribution in [3.05, 3.63) is 36.4 Å². The van der Waals surface area contributed by atoms with E-state index in [-0.39, 0.29) is 42.1 Å². The number of likely N-dealkylation sites (tertiary alicyclic amines) is 1. The number of fused-ring (bicyclic) bond motifs is 2. The molecular weight excluding hydrogens is 441 g/mol. The molecule has 2 saturated heterocycles. The fourth-order valence-corrected chi connectivity index (χ4v) is 5.32. The predicted octanol–water partition coefficient (Wildman–Crippen LogP) is -4.60. The van der Waals surface area contributed by atoms with Crippen LogP contribution in [-0.4, -0.2) is 65.5 Å². The molecule has 2 aromatic rings. The minimum absolute atomic E-state index is 0. The molecule has 8 nitrogen and oxygen atoms in total. The highest BCUT2D eigenvalue weighted by molar-refractivity contribution is 5.82. The third kappa shape index (κ3) is 3.97. The van der Waals surface area contributed by atoms with Gasteiger partial charge in [0.25, 0.3) is 0 Å². The first-order chi connectivity index (χ1) is 14.2. The fraction of sp³-hybridized carbons (Fsp3) is 0.571. The average Bonchev–Trinajstić information content (AvgIpc) is 3.44. The number of ether oxygens (including phenoxy) is 2. The maximum Gasteiger partial charge on any atom is 0.227 e. The SMILES string of the molecule is COc1cccc2c1OCC[C@]21CNC[C@H]1C(=O)N1CCC(n2cnnc2)CC1.[Cl-].[Cl-]. The first-order valence-corrected chi connectivity index (χ1v) is 10.4. The van der Waals surface area contributed by atoms with Crippen LogP contribution in [0.25, 0.3) is 0 Å². The molecule has 0 saturated carbocycles. The standard InChI is InChI=1S/C21H27N5O3.2ClH/c1-28-18-4-2-3-16-19(18)29-10-7-21(16)12-22-11-17(21)20(27)25-8-5-15(6-9-25)26-13-23-24-14-26;;/h2-4,13-15,17,22H,5-12H2,1H3;2*1H/p-2/t17-,21-;;/m0../s1. The van der Waals surface area contributed by atoms with Crippen molar-refractivity contribution in [1.29, 1.82) is 0 Å². The summed E-state index contributed by atoms with van der Waals surface area (Å²) in [5, 5.41) is 11.3. The van der Waals surface area contributed by atoms with Crippen LogP contribution in [0, 0.1) is 5.92 Å². The highest BCUT2D eigenvalue weighted by Crippen LogP contribution is 2.49. The van der Waals surface area contributed by atoms with Crippen molar-refractivity contribution in [2.24, 2.45) is 5.92 Å². The van der Waals surface area contributed by atoms with Crippen LogP contribution < -0.4 is 39.6 Å². The van der Waals surface area contributed by atoms with E-state index in [0.717, 1.165) is 56.0 Å². The number of hydrogen-bond donors (Lipinski definition) is 1. The lowest BCUT2D eigenvalue weighted by atomic mass is 9.68. The van der Waals surface area contributed by atoms with Crippen molar-refractivity contribution < 1.29 is 39.1 Å². The van der Waals surface area contributed by atoms with Crippen LogP contribution in [0.3, 0.4) is 0 Å². The molecule has 1 amide bonds. The van der Waals surface area contributed by atoms with Gasteiger partial charge in [-0.25, -0.2) is 0 Å². The highest BCUT2D eigenvalue weighted by Gasteiger charge is 2.52. The van der Waals surface area contributed by atoms with Gasteiger partial charge in [0.15, 0.2) is 11.5 Å². The molecule has 1 aromatic heterocycles. The van der Waals surface area contributed by atoms with E-state index in [4.69, 9.17) is 9.47 Å². The van der Waals surface area contributed by atoms with Gasteiger partial charge in [-0.05, 0) is 25.3 Å². The number of nitrogens with one attached hydrogen (secondary N) is 1. The van der Waals surface area contributed by atoms with Gasteiger partial charge >= 0.3 is 0 Å². The van der Waals surface area contributed by atoms with Crippen LogP contribution >= 0.6 is 0 Å². The number of aromatic nitrogens is 3. The second-order valence-corrected chi connectivity index (χ2v) is 8.24. The first kappa shape index (κ1) is 23.6. The van der Waals surface area contributed by atoms with Crippen LogP contribution in [-0.2, 0) is 10.2 Å². The molecule has 31 heavy (non-hydrogen) atoms. The number of nitrogens with zero attached hydrogens (tertiary/aromatic N) is 4. The number of carbonyl (C=O) groups is 1. The highest BCUT2D eigenvalue weighted by atomic mass is 35.5. The summed E-state index contributed by atoms with van der Waals surface area (Å²) in [4.78, 5) is 15.7. The van der Waals surface area contributed by atoms with Gasteiger partial charge in [0.05, 0.1) is 19.6 Å². The van der Waals surface area contributed by atoms with Gasteiger partial charge in [-0.2, -0.15) is 0 Å². The molecule has 5 rings (SSSR count). The third-order valence-corrected chi connectivity index (χ3v) is 6.92. The molecular formula is C21H27Cl2N5O3-2. The number of amides is 1. The van der Waals surface area contributed by atoms with Crippen LogP contribution in [0.4, 0.5) is 0 Å². The Balaban J connectivity index is 0.00000136. The summed E-state index contributed by atoms with van der Waals surface area (Å²) in [5.74, 6) is 1.72. The van der Waals surface area contributed by atoms with Crippen molar-refractivity contribution in [2.45, 2.75) is 30.7 Å². The van der Waals surface area contributed by atoms with Gasteiger partial charge in [-0.3, -0.25) is 4.79 Å². The number of piperidine rings is 1. The third-order valence-electron chi connectivity index (χ3n) is 6.92. The maximum atomic E-state index is 13.6. The van der Waals surface area contributed by atoms with E-state index in [0.29, 0.717) is 19.2 Å². The van der Waals surface area contributed by atoms with Gasteiger partial charge in [0, 0.05) is 43.2 Å². The fourth-order valence-electron chi connectivity index (χ4n) is 5.32. The van der Waals surface area contributed by atoms with Crippen molar-refractivity contribution in [1.82, 2.24) is 25.0 Å². The minimum Gasteiger partial charge on any atom is -1.00 e. The molecule has 0 unspecified atom stereocenters. The molecule has 1 N–H and O–H groups in total. The zero-order chi connectivity index (χ0) is 19.8. The number of methoxy groups -OCH3 is 1. The van der Waals surface area contributed by atoms with Crippen LogP contribution in [0.2, 0.25) is 0 Å². The molecule has 4 heterocycles. The first-order valence-electron chi connectivity index (χ1n) is 10.4. The number of carbonyl (C=O) groups excluding carboxylic acids is 1. The molecule has 0 bridgehead atoms. The van der Waals surface area contributed by atoms with E-state index in [9.17, 15) is 4.79 Å². The molecule has 3 aliphatic rings. The number of para-hydroxylation sites is 1. The number of halogens is 2. The second kappa shape index (κ2) is 9.63. The molecule has 1 aromatic carbocycles. The molecule has 0 aliphatic carbocycles. The van der Waals surface area contributed by atoms with Gasteiger partial charge in [0.2, 0.25) is 5.91 Å². The van der Waals surface area contributed by atoms with Gasteiger partial charge in [-0.1, -0.05) is 12.1 Å². The summed E-state index contributed by atoms with van der Waals surface area (Å²) >= 11 is 0. The van der Waals surface area contributed by atoms with Gasteiger partial charge in [-0.15, -0.1) is 10.2 Å². The van der Waals surface area contributed by atoms with E-state index in [1.54, 1.807) is 19.8 Å². The predicted molar refractivity (Wildman–Crippen MR) is 106 cm³/mol. The van der Waals surface area contributed by atoms with Gasteiger partial charge in [0.1, 0.15) is 12.7 Å². The van der Waals surface area contributed by atoms with Crippen LogP contribution in [0.5, 0.6) is 11.5 Å². The summed E-state index contributed by atoms with van der Waals surface area (Å²) in [7, 11) is 1.66. The Hall–Kier alpha value is -2.03. The minimum atomic E-state index is -0.232. The Kier molecular flexibility index (Phi) is 7.34. The lowest BCUT2D eigenvalue weighted by molar-refractivity contribution is -0.138. The lowest BCUT2D eigenvalue weighted by Crippen LogP contribution is -3.00. The van der Waals surface area contributed by atoms with E-state index in [1.807, 2.05) is 12.1 Å². The molecule has 10 heteroatoms. The zero-order valence-corrected chi connectivity index (χ0v) is 19.0. The van der Waals surface area contributed by atoms with Crippen molar-refractivity contribution in [3.63, 3.8) is 0 Å². The van der Waals surface area contributed by atoms with Crippen molar-refractivity contribution in [2.75, 3.05) is 39.9 Å². The monoisotopic (exact) mass is 467 g/mol. The van der Waals surface area contributed by atoms with Crippen LogP contribution in [0.15, 0.2) is 30.9 Å². The zero-order valence-electron chi connectivity index (χ0n) is 17.5. The molecule has 2 atom stereocenters. The lowest BCUT2D eigenvalue weighted by Gasteiger charge is -2.42. The molecule has 170 valence electrons. The van der Waals surface area contributed by atoms with Crippen molar-refractivity contribution >= 4 is 5.91 Å². The second-order valence-electron chi connectivity index (χ2n) is 8.24. The summed E-state index contributed by atoms with van der Waals surface area (Å²) in [6.07, 6.45) is 6.25. The van der Waals surface area contributed by atoms with E-state index >= 15 is 0 Å². The van der Waals surface area contributed by atoms with E-state index in [1.165, 1.54) is 0 Å². The summed E-state index contributed by atoms with van der Waals surface area (Å²) in [6, 6.07) is 6.39. The summed E-state index contributed by atoms with van der Waals surface area (Å²) in [6.45, 7) is 3.66. The topological polar surface area (TPSA) is 81.5 Å². The van der Waals surface area contributed by atoms with Gasteiger partial charge < -0.3 is 49.1 Å². The maximum absolute atomic E-state index is 13.6. The number of benzene rings is 1. The smallest absolute Gasteiger partial charge is 0.227 e. The summed E-state index contributed by atoms with van der Waals surface area (Å²) in [5.41, 5.74) is 0.871. The van der Waals surface area contributed by atoms with E-state index in [2.05, 4.69) is 31.0 Å². The normalized spacial score (nSPS) is 25.2. The summed E-state index contributed by atoms with van der Waals surface area (Å²) < 4.78 is 13.5. The molecule has 3 aliphatic heterocycles. The van der Waals surface area contributed by atoms with E-state index < -0.39 is 0 Å². The Bertz CT molecular complexity index is 889. The Labute approximate surface area is 194 Å². The Morgan fingerprint density at radius 1 is 1.23 bits per heavy atom. The van der Waals surface area contributed by atoms with Crippen LogP contribution in [0.1, 0.15) is 30.9 Å². The Morgan fingerprint density at radius 3 is 2.68 bits per heavy atom.